The minimum absolute atomic E-state index is 0. The van der Waals surface area contributed by atoms with Crippen LogP contribution < -0.4 is 5.32 Å². The van der Waals surface area contributed by atoms with E-state index >= 15 is 0 Å². The summed E-state index contributed by atoms with van der Waals surface area (Å²) in [5.41, 5.74) is 0.891. The Bertz CT molecular complexity index is 552. The Labute approximate surface area is 153 Å². The highest BCUT2D eigenvalue weighted by atomic mass is 35.5. The van der Waals surface area contributed by atoms with Gasteiger partial charge in [-0.05, 0) is 44.4 Å². The summed E-state index contributed by atoms with van der Waals surface area (Å²) in [6.07, 6.45) is 0. The number of hydrogen-bond acceptors (Lipinski definition) is 3. The van der Waals surface area contributed by atoms with E-state index in [-0.39, 0.29) is 24.8 Å². The molecule has 1 N–H and O–H groups in total. The van der Waals surface area contributed by atoms with Gasteiger partial charge in [0.25, 0.3) is 0 Å². The molecule has 0 unspecified atom stereocenters. The summed E-state index contributed by atoms with van der Waals surface area (Å²) in [7, 11) is 4.10. The predicted molar refractivity (Wildman–Crippen MR) is 98.9 cm³/mol. The number of rotatable bonds is 6. The second-order valence-electron chi connectivity index (χ2n) is 4.90. The second-order valence-corrected chi connectivity index (χ2v) is 5.78. The SMILES string of the molecule is CN(C)CCNCc1ccc(-c2cc(Cl)cc(Cl)c2)o1.Cl.Cl. The highest BCUT2D eigenvalue weighted by molar-refractivity contribution is 6.35. The van der Waals surface area contributed by atoms with Crippen molar-refractivity contribution in [1.29, 1.82) is 0 Å². The molecule has 1 heterocycles. The van der Waals surface area contributed by atoms with Gasteiger partial charge in [-0.1, -0.05) is 23.2 Å². The first-order valence-electron chi connectivity index (χ1n) is 6.45. The molecule has 2 aromatic rings. The van der Waals surface area contributed by atoms with Gasteiger partial charge in [-0.2, -0.15) is 0 Å². The Hall–Kier alpha value is -0.420. The number of furan rings is 1. The smallest absolute Gasteiger partial charge is 0.134 e. The van der Waals surface area contributed by atoms with Crippen molar-refractivity contribution in [3.8, 4) is 11.3 Å². The summed E-state index contributed by atoms with van der Waals surface area (Å²) in [6, 6.07) is 9.29. The summed E-state index contributed by atoms with van der Waals surface area (Å²) < 4.78 is 5.79. The van der Waals surface area contributed by atoms with Crippen LogP contribution in [0.15, 0.2) is 34.7 Å². The Morgan fingerprint density at radius 3 is 2.27 bits per heavy atom. The van der Waals surface area contributed by atoms with Crippen LogP contribution in [0.25, 0.3) is 11.3 Å². The van der Waals surface area contributed by atoms with Gasteiger partial charge in [-0.3, -0.25) is 0 Å². The van der Waals surface area contributed by atoms with Crippen molar-refractivity contribution in [3.63, 3.8) is 0 Å². The Balaban J connectivity index is 0.00000220. The van der Waals surface area contributed by atoms with Gasteiger partial charge in [-0.25, -0.2) is 0 Å². The maximum Gasteiger partial charge on any atom is 0.134 e. The lowest BCUT2D eigenvalue weighted by Gasteiger charge is -2.09. The molecule has 1 aromatic carbocycles. The zero-order valence-electron chi connectivity index (χ0n) is 12.4. The van der Waals surface area contributed by atoms with Crippen LogP contribution in [0, 0.1) is 0 Å². The third kappa shape index (κ3) is 6.78. The largest absolute Gasteiger partial charge is 0.460 e. The molecule has 3 nitrogen and oxygen atoms in total. The molecule has 0 aliphatic heterocycles. The van der Waals surface area contributed by atoms with Crippen molar-refractivity contribution < 1.29 is 4.42 Å². The molecule has 0 aliphatic carbocycles. The number of likely N-dealkylation sites (N-methyl/N-ethyl adjacent to an activating group) is 1. The summed E-state index contributed by atoms with van der Waals surface area (Å²) in [4.78, 5) is 2.13. The molecule has 0 saturated heterocycles. The number of benzene rings is 1. The Morgan fingerprint density at radius 2 is 1.68 bits per heavy atom. The number of nitrogens with zero attached hydrogens (tertiary/aromatic N) is 1. The lowest BCUT2D eigenvalue weighted by atomic mass is 10.2. The van der Waals surface area contributed by atoms with Crippen molar-refractivity contribution in [3.05, 3.63) is 46.1 Å². The highest BCUT2D eigenvalue weighted by Gasteiger charge is 2.06. The van der Waals surface area contributed by atoms with E-state index < -0.39 is 0 Å². The third-order valence-electron chi connectivity index (χ3n) is 2.84. The van der Waals surface area contributed by atoms with E-state index in [1.54, 1.807) is 6.07 Å². The van der Waals surface area contributed by atoms with Crippen LogP contribution in [0.5, 0.6) is 0 Å². The first-order chi connectivity index (χ1) is 9.54. The topological polar surface area (TPSA) is 28.4 Å². The van der Waals surface area contributed by atoms with E-state index in [9.17, 15) is 0 Å². The molecule has 0 bridgehead atoms. The lowest BCUT2D eigenvalue weighted by Crippen LogP contribution is -2.25. The minimum Gasteiger partial charge on any atom is -0.460 e. The molecule has 0 spiro atoms. The van der Waals surface area contributed by atoms with Gasteiger partial charge in [0.05, 0.1) is 6.54 Å². The minimum atomic E-state index is 0. The van der Waals surface area contributed by atoms with Crippen molar-refractivity contribution in [1.82, 2.24) is 10.2 Å². The molecule has 2 rings (SSSR count). The maximum absolute atomic E-state index is 6.00. The molecule has 124 valence electrons. The fraction of sp³-hybridized carbons (Fsp3) is 0.333. The molecule has 0 saturated carbocycles. The molecular formula is C15H20Cl4N2O. The van der Waals surface area contributed by atoms with Crippen LogP contribution in [0.1, 0.15) is 5.76 Å². The van der Waals surface area contributed by atoms with E-state index in [2.05, 4.69) is 24.3 Å². The number of hydrogen-bond donors (Lipinski definition) is 1. The van der Waals surface area contributed by atoms with E-state index in [4.69, 9.17) is 27.6 Å². The van der Waals surface area contributed by atoms with Crippen LogP contribution in [0.2, 0.25) is 10.0 Å². The number of nitrogens with one attached hydrogen (secondary N) is 1. The van der Waals surface area contributed by atoms with Crippen molar-refractivity contribution >= 4 is 48.0 Å². The Kier molecular flexibility index (Phi) is 10.2. The monoisotopic (exact) mass is 384 g/mol. The average molecular weight is 386 g/mol. The van der Waals surface area contributed by atoms with E-state index in [1.165, 1.54) is 0 Å². The summed E-state index contributed by atoms with van der Waals surface area (Å²) in [5.74, 6) is 1.67. The molecule has 0 radical (unpaired) electrons. The average Bonchev–Trinajstić information content (AvgIpc) is 2.82. The zero-order valence-corrected chi connectivity index (χ0v) is 15.6. The maximum atomic E-state index is 6.00. The molecule has 1 aromatic heterocycles. The van der Waals surface area contributed by atoms with Gasteiger partial charge < -0.3 is 14.6 Å². The second kappa shape index (κ2) is 10.4. The van der Waals surface area contributed by atoms with Crippen molar-refractivity contribution in [2.45, 2.75) is 6.54 Å². The Morgan fingerprint density at radius 1 is 1.05 bits per heavy atom. The molecule has 0 aliphatic rings. The van der Waals surface area contributed by atoms with Crippen LogP contribution in [0.4, 0.5) is 0 Å². The normalized spacial score (nSPS) is 10.2. The highest BCUT2D eigenvalue weighted by Crippen LogP contribution is 2.28. The van der Waals surface area contributed by atoms with E-state index in [0.717, 1.165) is 30.2 Å². The van der Waals surface area contributed by atoms with E-state index in [1.807, 2.05) is 24.3 Å². The first kappa shape index (κ1) is 21.6. The first-order valence-corrected chi connectivity index (χ1v) is 7.21. The molecule has 0 amide bonds. The number of halogens is 4. The van der Waals surface area contributed by atoms with Crippen LogP contribution >= 0.6 is 48.0 Å². The van der Waals surface area contributed by atoms with Crippen LogP contribution in [-0.2, 0) is 6.54 Å². The fourth-order valence-electron chi connectivity index (χ4n) is 1.84. The zero-order chi connectivity index (χ0) is 14.5. The standard InChI is InChI=1S/C15H18Cl2N2O.2ClH/c1-19(2)6-5-18-10-14-3-4-15(20-14)11-7-12(16)9-13(17)8-11;;/h3-4,7-9,18H,5-6,10H2,1-2H3;2*1H. The lowest BCUT2D eigenvalue weighted by molar-refractivity contribution is 0.392. The molecule has 22 heavy (non-hydrogen) atoms. The van der Waals surface area contributed by atoms with Gasteiger partial charge in [0.15, 0.2) is 0 Å². The predicted octanol–water partition coefficient (Wildman–Crippen LogP) is 4.75. The van der Waals surface area contributed by atoms with Gasteiger partial charge in [0.2, 0.25) is 0 Å². The summed E-state index contributed by atoms with van der Waals surface area (Å²) >= 11 is 12.0. The van der Waals surface area contributed by atoms with Gasteiger partial charge in [0.1, 0.15) is 11.5 Å². The fourth-order valence-corrected chi connectivity index (χ4v) is 2.36. The van der Waals surface area contributed by atoms with Crippen molar-refractivity contribution in [2.75, 3.05) is 27.2 Å². The molecule has 7 heteroatoms. The van der Waals surface area contributed by atoms with Gasteiger partial charge in [0, 0.05) is 28.7 Å². The van der Waals surface area contributed by atoms with Crippen LogP contribution in [-0.4, -0.2) is 32.1 Å². The van der Waals surface area contributed by atoms with Crippen molar-refractivity contribution in [2.24, 2.45) is 0 Å². The molecule has 0 atom stereocenters. The summed E-state index contributed by atoms with van der Waals surface area (Å²) in [6.45, 7) is 2.63. The van der Waals surface area contributed by atoms with Crippen LogP contribution in [0.3, 0.4) is 0 Å². The van der Waals surface area contributed by atoms with Gasteiger partial charge in [-0.15, -0.1) is 24.8 Å². The quantitative estimate of drug-likeness (QED) is 0.727. The molecular weight excluding hydrogens is 366 g/mol. The third-order valence-corrected chi connectivity index (χ3v) is 3.28. The van der Waals surface area contributed by atoms with E-state index in [0.29, 0.717) is 16.6 Å². The van der Waals surface area contributed by atoms with Gasteiger partial charge >= 0.3 is 0 Å². The summed E-state index contributed by atoms with van der Waals surface area (Å²) in [5, 5.41) is 4.55. The molecule has 0 fully saturated rings.